The summed E-state index contributed by atoms with van der Waals surface area (Å²) in [5.41, 5.74) is 4.26. The molecule has 5 heteroatoms. The second kappa shape index (κ2) is 6.63. The van der Waals surface area contributed by atoms with Gasteiger partial charge in [0.1, 0.15) is 6.10 Å². The van der Waals surface area contributed by atoms with Gasteiger partial charge in [0.15, 0.2) is 0 Å². The second-order valence-electron chi connectivity index (χ2n) is 6.12. The van der Waals surface area contributed by atoms with E-state index in [0.29, 0.717) is 32.9 Å². The van der Waals surface area contributed by atoms with Crippen molar-refractivity contribution in [1.82, 2.24) is 4.90 Å². The fourth-order valence-electron chi connectivity index (χ4n) is 3.16. The van der Waals surface area contributed by atoms with Crippen LogP contribution in [0.5, 0.6) is 0 Å². The summed E-state index contributed by atoms with van der Waals surface area (Å²) in [6, 6.07) is 15.9. The lowest BCUT2D eigenvalue weighted by molar-refractivity contribution is -0.0135. The first-order valence-corrected chi connectivity index (χ1v) is 8.21. The van der Waals surface area contributed by atoms with Crippen molar-refractivity contribution < 1.29 is 14.3 Å². The number of carbonyl (C=O) groups is 1. The molecule has 0 unspecified atom stereocenters. The molecule has 4 rings (SSSR count). The summed E-state index contributed by atoms with van der Waals surface area (Å²) in [7, 11) is 0. The van der Waals surface area contributed by atoms with Crippen molar-refractivity contribution in [3.8, 4) is 0 Å². The molecule has 24 heavy (non-hydrogen) atoms. The highest BCUT2D eigenvalue weighted by atomic mass is 16.5. The van der Waals surface area contributed by atoms with Crippen LogP contribution >= 0.6 is 0 Å². The number of morpholine rings is 1. The van der Waals surface area contributed by atoms with E-state index in [0.717, 1.165) is 16.8 Å². The number of nitrogens with one attached hydrogen (secondary N) is 1. The minimum Gasteiger partial charge on any atom is -0.372 e. The zero-order valence-electron chi connectivity index (χ0n) is 13.4. The van der Waals surface area contributed by atoms with E-state index in [1.54, 1.807) is 0 Å². The van der Waals surface area contributed by atoms with E-state index in [4.69, 9.17) is 9.47 Å². The number of hydrogen-bond acceptors (Lipinski definition) is 3. The molecule has 5 nitrogen and oxygen atoms in total. The summed E-state index contributed by atoms with van der Waals surface area (Å²) in [6.45, 7) is 2.98. The van der Waals surface area contributed by atoms with E-state index in [1.165, 1.54) is 5.56 Å². The van der Waals surface area contributed by atoms with Gasteiger partial charge < -0.3 is 19.7 Å². The molecular formula is C19H20N2O3. The van der Waals surface area contributed by atoms with Gasteiger partial charge in [-0.05, 0) is 28.8 Å². The molecule has 1 saturated heterocycles. The largest absolute Gasteiger partial charge is 0.372 e. The number of anilines is 1. The Labute approximate surface area is 141 Å². The van der Waals surface area contributed by atoms with Crippen LogP contribution in [0, 0.1) is 0 Å². The molecule has 0 saturated carbocycles. The maximum absolute atomic E-state index is 12.6. The SMILES string of the molecule is O=C(Nc1ccc2c(c1)COC2)N1CCO[C@H](c2ccccc2)C1. The molecule has 1 fully saturated rings. The molecule has 1 N–H and O–H groups in total. The van der Waals surface area contributed by atoms with Crippen molar-refractivity contribution in [3.05, 3.63) is 65.2 Å². The van der Waals surface area contributed by atoms with Crippen molar-refractivity contribution in [2.45, 2.75) is 19.3 Å². The Morgan fingerprint density at radius 3 is 2.79 bits per heavy atom. The lowest BCUT2D eigenvalue weighted by Crippen LogP contribution is -2.44. The zero-order valence-corrected chi connectivity index (χ0v) is 13.4. The predicted molar refractivity (Wildman–Crippen MR) is 90.7 cm³/mol. The van der Waals surface area contributed by atoms with E-state index < -0.39 is 0 Å². The number of ether oxygens (including phenoxy) is 2. The Hall–Kier alpha value is -2.37. The number of benzene rings is 2. The molecule has 0 bridgehead atoms. The monoisotopic (exact) mass is 324 g/mol. The number of fused-ring (bicyclic) bond motifs is 1. The van der Waals surface area contributed by atoms with Gasteiger partial charge in [-0.1, -0.05) is 36.4 Å². The van der Waals surface area contributed by atoms with Crippen molar-refractivity contribution in [2.24, 2.45) is 0 Å². The van der Waals surface area contributed by atoms with Crippen LogP contribution in [0.3, 0.4) is 0 Å². The normalized spacial score (nSPS) is 19.8. The summed E-state index contributed by atoms with van der Waals surface area (Å²) in [5, 5.41) is 2.99. The van der Waals surface area contributed by atoms with Crippen molar-refractivity contribution in [2.75, 3.05) is 25.0 Å². The Kier molecular flexibility index (Phi) is 4.19. The third-order valence-electron chi connectivity index (χ3n) is 4.50. The van der Waals surface area contributed by atoms with Crippen LogP contribution in [0.15, 0.2) is 48.5 Å². The van der Waals surface area contributed by atoms with E-state index in [9.17, 15) is 4.79 Å². The maximum atomic E-state index is 12.6. The minimum absolute atomic E-state index is 0.0703. The highest BCUT2D eigenvalue weighted by Gasteiger charge is 2.25. The topological polar surface area (TPSA) is 50.8 Å². The van der Waals surface area contributed by atoms with Crippen LogP contribution in [0.1, 0.15) is 22.8 Å². The molecule has 0 aliphatic carbocycles. The first kappa shape index (κ1) is 15.2. The van der Waals surface area contributed by atoms with E-state index in [-0.39, 0.29) is 12.1 Å². The molecule has 2 heterocycles. The van der Waals surface area contributed by atoms with E-state index in [1.807, 2.05) is 53.4 Å². The molecule has 2 aliphatic heterocycles. The predicted octanol–water partition coefficient (Wildman–Crippen LogP) is 3.32. The fraction of sp³-hybridized carbons (Fsp3) is 0.316. The standard InChI is InChI=1S/C19H20N2O3/c22-19(20-17-7-6-15-12-23-13-16(15)10-17)21-8-9-24-18(11-21)14-4-2-1-3-5-14/h1-7,10,18H,8-9,11-13H2,(H,20,22)/t18-/m0/s1. The van der Waals surface area contributed by atoms with Gasteiger partial charge in [-0.2, -0.15) is 0 Å². The summed E-state index contributed by atoms with van der Waals surface area (Å²) >= 11 is 0. The number of amides is 2. The molecule has 2 aliphatic rings. The Balaban J connectivity index is 1.42. The lowest BCUT2D eigenvalue weighted by atomic mass is 10.1. The summed E-state index contributed by atoms with van der Waals surface area (Å²) in [6.07, 6.45) is -0.0703. The van der Waals surface area contributed by atoms with Gasteiger partial charge in [0, 0.05) is 12.2 Å². The molecule has 0 spiro atoms. The average Bonchev–Trinajstić information content (AvgIpc) is 3.10. The smallest absolute Gasteiger partial charge is 0.322 e. The van der Waals surface area contributed by atoms with Crippen molar-refractivity contribution in [3.63, 3.8) is 0 Å². The number of rotatable bonds is 2. The van der Waals surface area contributed by atoms with Gasteiger partial charge in [0.25, 0.3) is 0 Å². The van der Waals surface area contributed by atoms with E-state index >= 15 is 0 Å². The van der Waals surface area contributed by atoms with Gasteiger partial charge >= 0.3 is 6.03 Å². The average molecular weight is 324 g/mol. The van der Waals surface area contributed by atoms with Crippen LogP contribution in [-0.4, -0.2) is 30.6 Å². The molecule has 2 amide bonds. The van der Waals surface area contributed by atoms with Crippen LogP contribution in [0.4, 0.5) is 10.5 Å². The number of carbonyl (C=O) groups excluding carboxylic acids is 1. The highest BCUT2D eigenvalue weighted by molar-refractivity contribution is 5.89. The quantitative estimate of drug-likeness (QED) is 0.922. The second-order valence-corrected chi connectivity index (χ2v) is 6.12. The Bertz CT molecular complexity index is 733. The highest BCUT2D eigenvalue weighted by Crippen LogP contribution is 2.25. The third-order valence-corrected chi connectivity index (χ3v) is 4.50. The zero-order chi connectivity index (χ0) is 16.4. The molecule has 0 aromatic heterocycles. The van der Waals surface area contributed by atoms with Crippen molar-refractivity contribution >= 4 is 11.7 Å². The van der Waals surface area contributed by atoms with E-state index in [2.05, 4.69) is 5.32 Å². The van der Waals surface area contributed by atoms with Crippen molar-refractivity contribution in [1.29, 1.82) is 0 Å². The molecule has 0 radical (unpaired) electrons. The third kappa shape index (κ3) is 3.13. The van der Waals surface area contributed by atoms with Crippen LogP contribution < -0.4 is 5.32 Å². The van der Waals surface area contributed by atoms with Gasteiger partial charge in [0.2, 0.25) is 0 Å². The Morgan fingerprint density at radius 2 is 1.92 bits per heavy atom. The number of urea groups is 1. The molecular weight excluding hydrogens is 304 g/mol. The molecule has 2 aromatic rings. The van der Waals surface area contributed by atoms with Gasteiger partial charge in [-0.15, -0.1) is 0 Å². The first-order chi connectivity index (χ1) is 11.8. The summed E-state index contributed by atoms with van der Waals surface area (Å²) < 4.78 is 11.2. The number of nitrogens with zero attached hydrogens (tertiary/aromatic N) is 1. The van der Waals surface area contributed by atoms with Crippen LogP contribution in [0.25, 0.3) is 0 Å². The molecule has 124 valence electrons. The van der Waals surface area contributed by atoms with Gasteiger partial charge in [0.05, 0.1) is 26.4 Å². The van der Waals surface area contributed by atoms with Gasteiger partial charge in [-0.3, -0.25) is 0 Å². The molecule has 1 atom stereocenters. The summed E-state index contributed by atoms with van der Waals surface area (Å²) in [4.78, 5) is 14.4. The van der Waals surface area contributed by atoms with Crippen LogP contribution in [-0.2, 0) is 22.7 Å². The van der Waals surface area contributed by atoms with Crippen LogP contribution in [0.2, 0.25) is 0 Å². The fourth-order valence-corrected chi connectivity index (χ4v) is 3.16. The lowest BCUT2D eigenvalue weighted by Gasteiger charge is -2.33. The van der Waals surface area contributed by atoms with Gasteiger partial charge in [-0.25, -0.2) is 4.79 Å². The summed E-state index contributed by atoms with van der Waals surface area (Å²) in [5.74, 6) is 0. The number of hydrogen-bond donors (Lipinski definition) is 1. The molecule has 2 aromatic carbocycles. The first-order valence-electron chi connectivity index (χ1n) is 8.21. The minimum atomic E-state index is -0.0851. The Morgan fingerprint density at radius 1 is 1.08 bits per heavy atom. The maximum Gasteiger partial charge on any atom is 0.322 e.